The van der Waals surface area contributed by atoms with Gasteiger partial charge in [0.25, 0.3) is 0 Å². The van der Waals surface area contributed by atoms with Crippen molar-refractivity contribution in [1.82, 2.24) is 5.32 Å². The molecule has 0 aromatic heterocycles. The van der Waals surface area contributed by atoms with Crippen LogP contribution < -0.4 is 5.32 Å². The molecule has 0 amide bonds. The van der Waals surface area contributed by atoms with E-state index in [-0.39, 0.29) is 5.17 Å². The lowest BCUT2D eigenvalue weighted by Crippen LogP contribution is -2.21. The summed E-state index contributed by atoms with van der Waals surface area (Å²) in [6.45, 7) is 0. The zero-order chi connectivity index (χ0) is 7.61. The van der Waals surface area contributed by atoms with Crippen LogP contribution in [0.25, 0.3) is 0 Å². The second-order valence-corrected chi connectivity index (χ2v) is 3.65. The molecule has 0 spiro atoms. The molecule has 0 saturated carbocycles. The van der Waals surface area contributed by atoms with Crippen LogP contribution in [0.15, 0.2) is 23.1 Å². The van der Waals surface area contributed by atoms with Crippen molar-refractivity contribution in [2.45, 2.75) is 0 Å². The largest absolute Gasteiger partial charge is 0.247 e. The Labute approximate surface area is 58.9 Å². The molecule has 1 heterocycles. The van der Waals surface area contributed by atoms with Gasteiger partial charge in [0.05, 0.1) is 12.4 Å². The van der Waals surface area contributed by atoms with Crippen molar-refractivity contribution in [2.24, 2.45) is 4.99 Å². The number of aliphatic imine (C=N–C) groups is 1. The molecule has 0 bridgehead atoms. The minimum Gasteiger partial charge on any atom is -0.221 e. The Kier molecular flexibility index (Phi) is 1.61. The maximum absolute atomic E-state index is 10.7. The topological polar surface area (TPSA) is 60.6 Å². The third kappa shape index (κ3) is 1.46. The summed E-state index contributed by atoms with van der Waals surface area (Å²) >= 11 is 0. The van der Waals surface area contributed by atoms with Gasteiger partial charge in [-0.15, -0.1) is 0 Å². The van der Waals surface area contributed by atoms with Crippen LogP contribution in [0.4, 0.5) is 0 Å². The van der Waals surface area contributed by atoms with Crippen molar-refractivity contribution in [3.63, 3.8) is 0 Å². The predicted molar refractivity (Wildman–Crippen MR) is 37.1 cm³/mol. The van der Waals surface area contributed by atoms with E-state index in [9.17, 15) is 8.42 Å². The lowest BCUT2D eigenvalue weighted by molar-refractivity contribution is 0.611. The highest BCUT2D eigenvalue weighted by atomic mass is 32.2. The molecular weight excluding hydrogens is 152 g/mol. The van der Waals surface area contributed by atoms with E-state index in [0.29, 0.717) is 0 Å². The van der Waals surface area contributed by atoms with Crippen LogP contribution in [-0.2, 0) is 9.84 Å². The first-order valence-electron chi connectivity index (χ1n) is 2.49. The van der Waals surface area contributed by atoms with Crippen molar-refractivity contribution < 1.29 is 8.42 Å². The molecule has 0 atom stereocenters. The molecule has 1 radical (unpaired) electrons. The van der Waals surface area contributed by atoms with Crippen molar-refractivity contribution in [1.29, 1.82) is 0 Å². The van der Waals surface area contributed by atoms with E-state index in [0.717, 1.165) is 6.26 Å². The fraction of sp³-hybridized carbons (Fsp3) is 0.200. The standard InChI is InChI=1S/C5H5N2O2S/c1-10(8,9)5-6-3-2-4-7-5/h3-4H,1H3. The molecule has 1 aliphatic rings. The highest BCUT2D eigenvalue weighted by Crippen LogP contribution is 1.92. The zero-order valence-corrected chi connectivity index (χ0v) is 6.09. The third-order valence-electron chi connectivity index (χ3n) is 0.831. The fourth-order valence-electron chi connectivity index (χ4n) is 0.443. The second-order valence-electron chi connectivity index (χ2n) is 1.74. The lowest BCUT2D eigenvalue weighted by atomic mass is 10.7. The normalized spacial score (nSPS) is 16.3. The Balaban J connectivity index is 3.01. The Morgan fingerprint density at radius 2 is 2.20 bits per heavy atom. The minimum absolute atomic E-state index is 0.161. The summed E-state index contributed by atoms with van der Waals surface area (Å²) in [6.07, 6.45) is 3.59. The monoisotopic (exact) mass is 157 g/mol. The van der Waals surface area contributed by atoms with Gasteiger partial charge in [0.1, 0.15) is 0 Å². The average Bonchev–Trinajstić information content (AvgIpc) is 1.88. The molecule has 0 unspecified atom stereocenters. The van der Waals surface area contributed by atoms with Gasteiger partial charge in [-0.1, -0.05) is 5.73 Å². The van der Waals surface area contributed by atoms with Gasteiger partial charge in [-0.05, 0) is 0 Å². The number of nitrogens with zero attached hydrogens (tertiary/aromatic N) is 2. The summed E-state index contributed by atoms with van der Waals surface area (Å²) in [7, 11) is -3.25. The van der Waals surface area contributed by atoms with E-state index < -0.39 is 9.84 Å². The van der Waals surface area contributed by atoms with E-state index in [4.69, 9.17) is 0 Å². The summed E-state index contributed by atoms with van der Waals surface area (Å²) in [5, 5.41) is 3.33. The van der Waals surface area contributed by atoms with Crippen LogP contribution in [-0.4, -0.2) is 19.8 Å². The molecule has 0 aromatic carbocycles. The van der Waals surface area contributed by atoms with Gasteiger partial charge < -0.3 is 0 Å². The smallest absolute Gasteiger partial charge is 0.221 e. The number of rotatable bonds is 0. The molecule has 1 rings (SSSR count). The molecule has 10 heavy (non-hydrogen) atoms. The Hall–Kier alpha value is -1.06. The van der Waals surface area contributed by atoms with Crippen LogP contribution in [0.3, 0.4) is 0 Å². The number of hydrogen-bond acceptors (Lipinski definition) is 3. The van der Waals surface area contributed by atoms with Gasteiger partial charge in [0.2, 0.25) is 15.0 Å². The van der Waals surface area contributed by atoms with Crippen LogP contribution in [0.1, 0.15) is 0 Å². The van der Waals surface area contributed by atoms with E-state index in [1.807, 2.05) is 0 Å². The van der Waals surface area contributed by atoms with Gasteiger partial charge >= 0.3 is 0 Å². The minimum atomic E-state index is -3.25. The van der Waals surface area contributed by atoms with E-state index >= 15 is 0 Å². The van der Waals surface area contributed by atoms with Crippen molar-refractivity contribution >= 4 is 15.0 Å². The summed E-state index contributed by atoms with van der Waals surface area (Å²) in [6, 6.07) is 0. The summed E-state index contributed by atoms with van der Waals surface area (Å²) in [5.74, 6) is 0. The average molecular weight is 157 g/mol. The maximum Gasteiger partial charge on any atom is 0.247 e. The lowest BCUT2D eigenvalue weighted by Gasteiger charge is -1.98. The number of hydrogen-bond donors (Lipinski definition) is 0. The highest BCUT2D eigenvalue weighted by molar-refractivity contribution is 8.05. The summed E-state index contributed by atoms with van der Waals surface area (Å²) in [4.78, 5) is 3.50. The Bertz CT molecular complexity index is 320. The molecule has 0 aliphatic carbocycles. The fourth-order valence-corrected chi connectivity index (χ4v) is 0.931. The number of amidine groups is 1. The number of sulfone groups is 1. The predicted octanol–water partition coefficient (Wildman–Crippen LogP) is -0.369. The van der Waals surface area contributed by atoms with E-state index in [2.05, 4.69) is 16.0 Å². The van der Waals surface area contributed by atoms with Crippen molar-refractivity contribution in [3.05, 3.63) is 18.1 Å². The SMILES string of the molecule is CS(=O)(=O)C1=NC=C=C[N]1. The van der Waals surface area contributed by atoms with E-state index in [1.54, 1.807) is 0 Å². The van der Waals surface area contributed by atoms with Crippen LogP contribution in [0, 0.1) is 0 Å². The van der Waals surface area contributed by atoms with Gasteiger partial charge in [-0.3, -0.25) is 0 Å². The van der Waals surface area contributed by atoms with Crippen molar-refractivity contribution in [2.75, 3.05) is 6.26 Å². The highest BCUT2D eigenvalue weighted by Gasteiger charge is 2.13. The molecule has 5 heteroatoms. The molecule has 53 valence electrons. The van der Waals surface area contributed by atoms with Crippen LogP contribution in [0.2, 0.25) is 0 Å². The van der Waals surface area contributed by atoms with Crippen LogP contribution in [0.5, 0.6) is 0 Å². The first kappa shape index (κ1) is 7.05. The third-order valence-corrected chi connectivity index (χ3v) is 1.70. The molecule has 0 N–H and O–H groups in total. The molecule has 0 saturated heterocycles. The molecular formula is C5H5N2O2S. The molecule has 1 aliphatic heterocycles. The first-order chi connectivity index (χ1) is 4.61. The summed E-state index contributed by atoms with van der Waals surface area (Å²) < 4.78 is 21.4. The van der Waals surface area contributed by atoms with Gasteiger partial charge in [0, 0.05) is 6.26 Å². The van der Waals surface area contributed by atoms with Crippen LogP contribution >= 0.6 is 0 Å². The molecule has 4 nitrogen and oxygen atoms in total. The maximum atomic E-state index is 10.7. The van der Waals surface area contributed by atoms with Crippen molar-refractivity contribution in [3.8, 4) is 0 Å². The second kappa shape index (κ2) is 2.28. The quantitative estimate of drug-likeness (QED) is 0.450. The van der Waals surface area contributed by atoms with Gasteiger partial charge in [-0.25, -0.2) is 18.7 Å². The Morgan fingerprint density at radius 3 is 2.50 bits per heavy atom. The zero-order valence-electron chi connectivity index (χ0n) is 5.27. The van der Waals surface area contributed by atoms with E-state index in [1.165, 1.54) is 12.4 Å². The van der Waals surface area contributed by atoms with Gasteiger partial charge in [0.15, 0.2) is 0 Å². The molecule has 0 aromatic rings. The van der Waals surface area contributed by atoms with Gasteiger partial charge in [-0.2, -0.15) is 0 Å². The first-order valence-corrected chi connectivity index (χ1v) is 4.38. The molecule has 0 fully saturated rings. The summed E-state index contributed by atoms with van der Waals surface area (Å²) in [5.41, 5.74) is 2.52. The Morgan fingerprint density at radius 1 is 1.50 bits per heavy atom.